The number of benzene rings is 2. The number of hydrogen-bond acceptors (Lipinski definition) is 3. The largest absolute Gasteiger partial charge is 0.322 e. The number of sulfonamides is 1. The molecule has 0 fully saturated rings. The van der Waals surface area contributed by atoms with Gasteiger partial charge < -0.3 is 5.32 Å². The molecule has 0 aliphatic heterocycles. The summed E-state index contributed by atoms with van der Waals surface area (Å²) in [7, 11) is -3.56. The maximum Gasteiger partial charge on any atom is 0.255 e. The number of halogens is 1. The SMILES string of the molecule is Cc1cc(Cl)ccc1NC(=O)c1ccc(S(=O)(=O)NCC(C)C)cc1. The molecule has 0 spiro atoms. The zero-order valence-electron chi connectivity index (χ0n) is 14.3. The van der Waals surface area contributed by atoms with Crippen molar-refractivity contribution < 1.29 is 13.2 Å². The lowest BCUT2D eigenvalue weighted by molar-refractivity contribution is 0.102. The lowest BCUT2D eigenvalue weighted by Crippen LogP contribution is -2.27. The van der Waals surface area contributed by atoms with E-state index in [4.69, 9.17) is 11.6 Å². The molecular weight excluding hydrogens is 360 g/mol. The van der Waals surface area contributed by atoms with Crippen LogP contribution in [-0.2, 0) is 10.0 Å². The van der Waals surface area contributed by atoms with Crippen molar-refractivity contribution in [2.45, 2.75) is 25.7 Å². The second-order valence-electron chi connectivity index (χ2n) is 6.18. The van der Waals surface area contributed by atoms with Gasteiger partial charge in [-0.15, -0.1) is 0 Å². The molecule has 0 saturated carbocycles. The van der Waals surface area contributed by atoms with Gasteiger partial charge in [-0.05, 0) is 60.9 Å². The monoisotopic (exact) mass is 380 g/mol. The third kappa shape index (κ3) is 5.29. The Morgan fingerprint density at radius 2 is 1.76 bits per heavy atom. The van der Waals surface area contributed by atoms with Crippen molar-refractivity contribution >= 4 is 33.2 Å². The third-order valence-electron chi connectivity index (χ3n) is 3.55. The molecule has 0 bridgehead atoms. The summed E-state index contributed by atoms with van der Waals surface area (Å²) in [6.45, 7) is 6.06. The van der Waals surface area contributed by atoms with E-state index < -0.39 is 10.0 Å². The fourth-order valence-corrected chi connectivity index (χ4v) is 3.55. The van der Waals surface area contributed by atoms with Crippen molar-refractivity contribution in [2.24, 2.45) is 5.92 Å². The summed E-state index contributed by atoms with van der Waals surface area (Å²) in [6.07, 6.45) is 0. The highest BCUT2D eigenvalue weighted by molar-refractivity contribution is 7.89. The average molecular weight is 381 g/mol. The van der Waals surface area contributed by atoms with Gasteiger partial charge in [-0.3, -0.25) is 4.79 Å². The van der Waals surface area contributed by atoms with Crippen LogP contribution in [0.5, 0.6) is 0 Å². The van der Waals surface area contributed by atoms with Gasteiger partial charge in [0.15, 0.2) is 0 Å². The van der Waals surface area contributed by atoms with E-state index >= 15 is 0 Å². The maximum absolute atomic E-state index is 12.3. The fraction of sp³-hybridized carbons (Fsp3) is 0.278. The van der Waals surface area contributed by atoms with Crippen LogP contribution in [0.4, 0.5) is 5.69 Å². The molecule has 0 saturated heterocycles. The number of nitrogens with one attached hydrogen (secondary N) is 2. The molecule has 1 amide bonds. The van der Waals surface area contributed by atoms with Gasteiger partial charge >= 0.3 is 0 Å². The Kier molecular flexibility index (Phi) is 6.21. The van der Waals surface area contributed by atoms with Crippen molar-refractivity contribution in [1.82, 2.24) is 4.72 Å². The zero-order valence-corrected chi connectivity index (χ0v) is 15.9. The standard InChI is InChI=1S/C18H21ClN2O3S/c1-12(2)11-20-25(23,24)16-7-4-14(5-8-16)18(22)21-17-9-6-15(19)10-13(17)3/h4-10,12,20H,11H2,1-3H3,(H,21,22). The van der Waals surface area contributed by atoms with Gasteiger partial charge in [-0.25, -0.2) is 13.1 Å². The molecule has 0 unspecified atom stereocenters. The van der Waals surface area contributed by atoms with E-state index in [2.05, 4.69) is 10.0 Å². The molecule has 134 valence electrons. The van der Waals surface area contributed by atoms with E-state index in [0.29, 0.717) is 22.8 Å². The van der Waals surface area contributed by atoms with Crippen LogP contribution in [0.2, 0.25) is 5.02 Å². The van der Waals surface area contributed by atoms with E-state index in [1.54, 1.807) is 18.2 Å². The van der Waals surface area contributed by atoms with Crippen molar-refractivity contribution in [2.75, 3.05) is 11.9 Å². The summed E-state index contributed by atoms with van der Waals surface area (Å²) < 4.78 is 26.9. The summed E-state index contributed by atoms with van der Waals surface area (Å²) in [6, 6.07) is 11.0. The summed E-state index contributed by atoms with van der Waals surface area (Å²) in [5, 5.41) is 3.39. The number of carbonyl (C=O) groups is 1. The molecule has 7 heteroatoms. The normalized spacial score (nSPS) is 11.6. The molecular formula is C18H21ClN2O3S. The van der Waals surface area contributed by atoms with Crippen molar-refractivity contribution in [3.8, 4) is 0 Å². The van der Waals surface area contributed by atoms with Crippen LogP contribution in [-0.4, -0.2) is 20.9 Å². The summed E-state index contributed by atoms with van der Waals surface area (Å²) >= 11 is 5.90. The number of amides is 1. The second-order valence-corrected chi connectivity index (χ2v) is 8.39. The van der Waals surface area contributed by atoms with Crippen molar-refractivity contribution in [1.29, 1.82) is 0 Å². The lowest BCUT2D eigenvalue weighted by atomic mass is 10.1. The van der Waals surface area contributed by atoms with Crippen LogP contribution in [0.3, 0.4) is 0 Å². The second kappa shape index (κ2) is 7.99. The smallest absolute Gasteiger partial charge is 0.255 e. The molecule has 0 aliphatic carbocycles. The lowest BCUT2D eigenvalue weighted by Gasteiger charge is -2.11. The Morgan fingerprint density at radius 3 is 2.32 bits per heavy atom. The molecule has 0 radical (unpaired) electrons. The molecule has 2 aromatic carbocycles. The number of carbonyl (C=O) groups excluding carboxylic acids is 1. The first-order valence-corrected chi connectivity index (χ1v) is 9.72. The molecule has 25 heavy (non-hydrogen) atoms. The highest BCUT2D eigenvalue weighted by Gasteiger charge is 2.15. The van der Waals surface area contributed by atoms with E-state index in [-0.39, 0.29) is 16.7 Å². The van der Waals surface area contributed by atoms with Crippen LogP contribution in [0.1, 0.15) is 29.8 Å². The minimum Gasteiger partial charge on any atom is -0.322 e. The predicted octanol–water partition coefficient (Wildman–Crippen LogP) is 3.84. The molecule has 0 heterocycles. The molecule has 0 aliphatic rings. The van der Waals surface area contributed by atoms with E-state index in [1.165, 1.54) is 24.3 Å². The number of anilines is 1. The predicted molar refractivity (Wildman–Crippen MR) is 101 cm³/mol. The fourth-order valence-electron chi connectivity index (χ4n) is 2.11. The van der Waals surface area contributed by atoms with E-state index in [9.17, 15) is 13.2 Å². The van der Waals surface area contributed by atoms with Gasteiger partial charge in [0.25, 0.3) is 5.91 Å². The Hall–Kier alpha value is -1.89. The quantitative estimate of drug-likeness (QED) is 0.799. The number of rotatable bonds is 6. The number of aryl methyl sites for hydroxylation is 1. The topological polar surface area (TPSA) is 75.3 Å². The summed E-state index contributed by atoms with van der Waals surface area (Å²) in [5.41, 5.74) is 1.87. The Labute approximate surface area is 153 Å². The minimum atomic E-state index is -3.56. The molecule has 5 nitrogen and oxygen atoms in total. The van der Waals surface area contributed by atoms with E-state index in [0.717, 1.165) is 5.56 Å². The Morgan fingerprint density at radius 1 is 1.12 bits per heavy atom. The van der Waals surface area contributed by atoms with Crippen LogP contribution < -0.4 is 10.0 Å². The first-order chi connectivity index (χ1) is 11.7. The molecule has 0 aromatic heterocycles. The molecule has 2 aromatic rings. The first-order valence-electron chi connectivity index (χ1n) is 7.86. The average Bonchev–Trinajstić information content (AvgIpc) is 2.56. The van der Waals surface area contributed by atoms with Crippen LogP contribution in [0.15, 0.2) is 47.4 Å². The molecule has 0 atom stereocenters. The van der Waals surface area contributed by atoms with Crippen molar-refractivity contribution in [3.63, 3.8) is 0 Å². The summed E-state index contributed by atoms with van der Waals surface area (Å²) in [5.74, 6) is -0.105. The molecule has 2 rings (SSSR count). The highest BCUT2D eigenvalue weighted by atomic mass is 35.5. The van der Waals surface area contributed by atoms with Gasteiger partial charge in [0.1, 0.15) is 0 Å². The van der Waals surface area contributed by atoms with Gasteiger partial charge in [0.05, 0.1) is 4.90 Å². The van der Waals surface area contributed by atoms with Crippen LogP contribution >= 0.6 is 11.6 Å². The highest BCUT2D eigenvalue weighted by Crippen LogP contribution is 2.20. The zero-order chi connectivity index (χ0) is 18.6. The first kappa shape index (κ1) is 19.4. The van der Waals surface area contributed by atoms with Crippen molar-refractivity contribution in [3.05, 3.63) is 58.6 Å². The van der Waals surface area contributed by atoms with Gasteiger partial charge in [0, 0.05) is 22.8 Å². The van der Waals surface area contributed by atoms with E-state index in [1.807, 2.05) is 20.8 Å². The summed E-state index contributed by atoms with van der Waals surface area (Å²) in [4.78, 5) is 12.4. The van der Waals surface area contributed by atoms with Gasteiger partial charge in [-0.2, -0.15) is 0 Å². The maximum atomic E-state index is 12.3. The minimum absolute atomic E-state index is 0.132. The van der Waals surface area contributed by atoms with Crippen LogP contribution in [0, 0.1) is 12.8 Å². The number of hydrogen-bond donors (Lipinski definition) is 2. The third-order valence-corrected chi connectivity index (χ3v) is 5.22. The van der Waals surface area contributed by atoms with Crippen LogP contribution in [0.25, 0.3) is 0 Å². The Balaban J connectivity index is 2.12. The van der Waals surface area contributed by atoms with Gasteiger partial charge in [0.2, 0.25) is 10.0 Å². The Bertz CT molecular complexity index is 862. The van der Waals surface area contributed by atoms with Gasteiger partial charge in [-0.1, -0.05) is 25.4 Å². The molecule has 2 N–H and O–H groups in total.